The molecule has 4 heteroatoms. The molecule has 0 saturated heterocycles. The Balaban J connectivity index is 2.02. The number of benzene rings is 2. The smallest absolute Gasteiger partial charge is 0.0406 e. The predicted molar refractivity (Wildman–Crippen MR) is 86.1 cm³/mol. The van der Waals surface area contributed by atoms with Gasteiger partial charge in [0.05, 0.1) is 0 Å². The Labute approximate surface area is 130 Å². The summed E-state index contributed by atoms with van der Waals surface area (Å²) in [5.74, 6) is 0. The number of nitrogens with two attached hydrogens (primary N) is 1. The first-order valence-corrected chi connectivity index (χ1v) is 7.34. The molecule has 106 valence electrons. The molecule has 2 aromatic rings. The van der Waals surface area contributed by atoms with Gasteiger partial charge in [-0.3, -0.25) is 4.90 Å². The minimum absolute atomic E-state index is 0.640. The van der Waals surface area contributed by atoms with Gasteiger partial charge in [-0.2, -0.15) is 0 Å². The molecule has 0 aromatic heterocycles. The Hall–Kier alpha value is -1.06. The number of hydrogen-bond donors (Lipinski definition) is 1. The molecule has 0 radical (unpaired) electrons. The number of hydrogen-bond acceptors (Lipinski definition) is 2. The molecule has 0 unspecified atom stereocenters. The zero-order valence-corrected chi connectivity index (χ0v) is 12.7. The molecule has 0 amide bonds. The molecule has 2 N–H and O–H groups in total. The third-order valence-corrected chi connectivity index (χ3v) is 3.59. The van der Waals surface area contributed by atoms with E-state index in [1.807, 2.05) is 48.5 Å². The van der Waals surface area contributed by atoms with Crippen LogP contribution in [-0.4, -0.2) is 18.0 Å². The summed E-state index contributed by atoms with van der Waals surface area (Å²) in [5, 5.41) is 1.52. The number of nitrogens with zero attached hydrogens (tertiary/aromatic N) is 1. The molecule has 0 bridgehead atoms. The summed E-state index contributed by atoms with van der Waals surface area (Å²) in [5.41, 5.74) is 8.17. The van der Waals surface area contributed by atoms with Crippen molar-refractivity contribution in [2.75, 3.05) is 13.1 Å². The normalized spacial score (nSPS) is 11.0. The molecule has 2 nitrogen and oxygen atoms in total. The summed E-state index contributed by atoms with van der Waals surface area (Å²) in [6.07, 6.45) is 0. The molecule has 0 saturated carbocycles. The first-order chi connectivity index (χ1) is 9.67. The lowest BCUT2D eigenvalue weighted by molar-refractivity contribution is 0.264. The lowest BCUT2D eigenvalue weighted by Crippen LogP contribution is -2.28. The van der Waals surface area contributed by atoms with Crippen molar-refractivity contribution < 1.29 is 0 Å². The minimum Gasteiger partial charge on any atom is -0.329 e. The minimum atomic E-state index is 0.640. The molecule has 0 aliphatic carbocycles. The highest BCUT2D eigenvalue weighted by molar-refractivity contribution is 6.30. The van der Waals surface area contributed by atoms with Crippen LogP contribution >= 0.6 is 23.2 Å². The maximum absolute atomic E-state index is 5.91. The van der Waals surface area contributed by atoms with Gasteiger partial charge in [0.2, 0.25) is 0 Å². The molecule has 0 atom stereocenters. The highest BCUT2D eigenvalue weighted by atomic mass is 35.5. The van der Waals surface area contributed by atoms with Crippen LogP contribution in [0.1, 0.15) is 11.1 Å². The zero-order valence-electron chi connectivity index (χ0n) is 11.2. The van der Waals surface area contributed by atoms with E-state index in [0.717, 1.165) is 29.7 Å². The van der Waals surface area contributed by atoms with E-state index in [2.05, 4.69) is 4.90 Å². The molecule has 0 aliphatic heterocycles. The van der Waals surface area contributed by atoms with Gasteiger partial charge in [-0.1, -0.05) is 47.5 Å². The van der Waals surface area contributed by atoms with E-state index in [9.17, 15) is 0 Å². The fraction of sp³-hybridized carbons (Fsp3) is 0.250. The number of rotatable bonds is 6. The third kappa shape index (κ3) is 4.80. The van der Waals surface area contributed by atoms with Gasteiger partial charge in [0, 0.05) is 36.2 Å². The summed E-state index contributed by atoms with van der Waals surface area (Å²) in [7, 11) is 0. The van der Waals surface area contributed by atoms with E-state index >= 15 is 0 Å². The fourth-order valence-electron chi connectivity index (χ4n) is 2.09. The van der Waals surface area contributed by atoms with Gasteiger partial charge in [0.15, 0.2) is 0 Å². The second kappa shape index (κ2) is 7.65. The highest BCUT2D eigenvalue weighted by Gasteiger charge is 2.06. The lowest BCUT2D eigenvalue weighted by Gasteiger charge is -2.22. The summed E-state index contributed by atoms with van der Waals surface area (Å²) >= 11 is 11.8. The molecule has 20 heavy (non-hydrogen) atoms. The quantitative estimate of drug-likeness (QED) is 0.875. The Kier molecular flexibility index (Phi) is 5.86. The van der Waals surface area contributed by atoms with Crippen LogP contribution in [0.5, 0.6) is 0 Å². The predicted octanol–water partition coefficient (Wildman–Crippen LogP) is 3.95. The molecule has 0 heterocycles. The van der Waals surface area contributed by atoms with Gasteiger partial charge >= 0.3 is 0 Å². The average molecular weight is 309 g/mol. The monoisotopic (exact) mass is 308 g/mol. The van der Waals surface area contributed by atoms with Crippen LogP contribution in [-0.2, 0) is 13.1 Å². The van der Waals surface area contributed by atoms with E-state index in [1.54, 1.807) is 0 Å². The zero-order chi connectivity index (χ0) is 14.4. The van der Waals surface area contributed by atoms with E-state index in [4.69, 9.17) is 28.9 Å². The molecule has 2 aromatic carbocycles. The summed E-state index contributed by atoms with van der Waals surface area (Å²) in [6, 6.07) is 15.9. The third-order valence-electron chi connectivity index (χ3n) is 3.08. The van der Waals surface area contributed by atoms with Crippen LogP contribution in [0, 0.1) is 0 Å². The van der Waals surface area contributed by atoms with Crippen molar-refractivity contribution in [1.29, 1.82) is 0 Å². The molecule has 0 aliphatic rings. The summed E-state index contributed by atoms with van der Waals surface area (Å²) in [6.45, 7) is 3.21. The Bertz CT molecular complexity index is 476. The highest BCUT2D eigenvalue weighted by Crippen LogP contribution is 2.15. The average Bonchev–Trinajstić information content (AvgIpc) is 2.44. The van der Waals surface area contributed by atoms with Crippen molar-refractivity contribution in [3.8, 4) is 0 Å². The first-order valence-electron chi connectivity index (χ1n) is 6.58. The Morgan fingerprint density at radius 1 is 0.750 bits per heavy atom. The van der Waals surface area contributed by atoms with Gasteiger partial charge < -0.3 is 5.73 Å². The van der Waals surface area contributed by atoms with Gasteiger partial charge in [-0.15, -0.1) is 0 Å². The van der Waals surface area contributed by atoms with Crippen LogP contribution in [0.25, 0.3) is 0 Å². The van der Waals surface area contributed by atoms with Crippen LogP contribution in [0.3, 0.4) is 0 Å². The van der Waals surface area contributed by atoms with Crippen LogP contribution in [0.2, 0.25) is 10.0 Å². The van der Waals surface area contributed by atoms with Gasteiger partial charge in [0.25, 0.3) is 0 Å². The van der Waals surface area contributed by atoms with E-state index in [0.29, 0.717) is 6.54 Å². The standard InChI is InChI=1S/C16H18Cl2N2/c17-15-5-1-13(2-6-15)11-20(10-9-19)12-14-3-7-16(18)8-4-14/h1-8H,9-12,19H2. The van der Waals surface area contributed by atoms with Crippen molar-refractivity contribution in [1.82, 2.24) is 4.90 Å². The van der Waals surface area contributed by atoms with Gasteiger partial charge in [-0.05, 0) is 35.4 Å². The second-order valence-corrected chi connectivity index (χ2v) is 5.63. The van der Waals surface area contributed by atoms with Crippen molar-refractivity contribution >= 4 is 23.2 Å². The molecular weight excluding hydrogens is 291 g/mol. The fourth-order valence-corrected chi connectivity index (χ4v) is 2.34. The Morgan fingerprint density at radius 3 is 1.50 bits per heavy atom. The van der Waals surface area contributed by atoms with Crippen LogP contribution in [0.15, 0.2) is 48.5 Å². The largest absolute Gasteiger partial charge is 0.329 e. The lowest BCUT2D eigenvalue weighted by atomic mass is 10.1. The second-order valence-electron chi connectivity index (χ2n) is 4.75. The van der Waals surface area contributed by atoms with E-state index < -0.39 is 0 Å². The first kappa shape index (κ1) is 15.3. The Morgan fingerprint density at radius 2 is 1.15 bits per heavy atom. The summed E-state index contributed by atoms with van der Waals surface area (Å²) < 4.78 is 0. The summed E-state index contributed by atoms with van der Waals surface area (Å²) in [4.78, 5) is 2.31. The molecule has 0 fully saturated rings. The SMILES string of the molecule is NCCN(Cc1ccc(Cl)cc1)Cc1ccc(Cl)cc1. The van der Waals surface area contributed by atoms with Crippen LogP contribution in [0.4, 0.5) is 0 Å². The molecular formula is C16H18Cl2N2. The van der Waals surface area contributed by atoms with Gasteiger partial charge in [0.1, 0.15) is 0 Å². The van der Waals surface area contributed by atoms with Crippen molar-refractivity contribution in [3.63, 3.8) is 0 Å². The van der Waals surface area contributed by atoms with E-state index in [1.165, 1.54) is 11.1 Å². The van der Waals surface area contributed by atoms with Crippen molar-refractivity contribution in [3.05, 3.63) is 69.7 Å². The van der Waals surface area contributed by atoms with Gasteiger partial charge in [-0.25, -0.2) is 0 Å². The van der Waals surface area contributed by atoms with Crippen LogP contribution < -0.4 is 5.73 Å². The molecule has 2 rings (SSSR count). The number of halogens is 2. The maximum atomic E-state index is 5.91. The topological polar surface area (TPSA) is 29.3 Å². The maximum Gasteiger partial charge on any atom is 0.0406 e. The van der Waals surface area contributed by atoms with Crippen molar-refractivity contribution in [2.24, 2.45) is 5.73 Å². The molecule has 0 spiro atoms. The van der Waals surface area contributed by atoms with E-state index in [-0.39, 0.29) is 0 Å². The van der Waals surface area contributed by atoms with Crippen molar-refractivity contribution in [2.45, 2.75) is 13.1 Å².